The lowest BCUT2D eigenvalue weighted by Gasteiger charge is -2.26. The van der Waals surface area contributed by atoms with Crippen molar-refractivity contribution >= 4 is 32.9 Å². The largest absolute Gasteiger partial charge is 0.315 e. The molecule has 0 aliphatic heterocycles. The molecule has 24 heavy (non-hydrogen) atoms. The van der Waals surface area contributed by atoms with Crippen molar-refractivity contribution < 1.29 is 4.79 Å². The molecule has 2 aromatic heterocycles. The number of hydrogen-bond acceptors (Lipinski definition) is 4. The van der Waals surface area contributed by atoms with Crippen molar-refractivity contribution in [2.75, 3.05) is 6.54 Å². The molecule has 0 saturated carbocycles. The smallest absolute Gasteiger partial charge is 0.266 e. The maximum atomic E-state index is 12.7. The molecule has 128 valence electrons. The van der Waals surface area contributed by atoms with Crippen molar-refractivity contribution in [1.82, 2.24) is 24.2 Å². The van der Waals surface area contributed by atoms with E-state index in [9.17, 15) is 9.59 Å². The third-order valence-corrected chi connectivity index (χ3v) is 4.86. The number of carbonyl (C=O) groups is 1. The fourth-order valence-electron chi connectivity index (χ4n) is 3.09. The fourth-order valence-corrected chi connectivity index (χ4v) is 3.67. The zero-order valence-electron chi connectivity index (χ0n) is 13.8. The highest BCUT2D eigenvalue weighted by molar-refractivity contribution is 9.10. The first-order valence-electron chi connectivity index (χ1n) is 8.10. The van der Waals surface area contributed by atoms with Gasteiger partial charge in [-0.3, -0.25) is 14.2 Å². The molecule has 0 unspecified atom stereocenters. The zero-order chi connectivity index (χ0) is 17.3. The van der Waals surface area contributed by atoms with E-state index in [1.54, 1.807) is 11.9 Å². The number of rotatable bonds is 4. The van der Waals surface area contributed by atoms with Crippen molar-refractivity contribution in [3.8, 4) is 0 Å². The second kappa shape index (κ2) is 6.88. The van der Waals surface area contributed by atoms with E-state index in [2.05, 4.69) is 32.1 Å². The highest BCUT2D eigenvalue weighted by Gasteiger charge is 2.20. The number of aryl methyl sites for hydroxylation is 1. The van der Waals surface area contributed by atoms with Gasteiger partial charge in [0.2, 0.25) is 5.91 Å². The molecule has 8 heteroatoms. The summed E-state index contributed by atoms with van der Waals surface area (Å²) in [5.41, 5.74) is 1.30. The number of allylic oxidation sites excluding steroid dienone is 2. The van der Waals surface area contributed by atoms with Crippen molar-refractivity contribution in [2.45, 2.75) is 39.2 Å². The molecule has 0 saturated heterocycles. The van der Waals surface area contributed by atoms with Crippen LogP contribution in [0.15, 0.2) is 27.5 Å². The van der Waals surface area contributed by atoms with E-state index in [4.69, 9.17) is 0 Å². The maximum absolute atomic E-state index is 12.7. The molecule has 0 N–H and O–H groups in total. The lowest BCUT2D eigenvalue weighted by Crippen LogP contribution is -2.36. The van der Waals surface area contributed by atoms with Crippen LogP contribution < -0.4 is 5.56 Å². The molecule has 7 nitrogen and oxygen atoms in total. The molecule has 1 amide bonds. The Hall–Kier alpha value is -1.96. The summed E-state index contributed by atoms with van der Waals surface area (Å²) < 4.78 is 3.34. The van der Waals surface area contributed by atoms with Gasteiger partial charge in [-0.25, -0.2) is 9.67 Å². The summed E-state index contributed by atoms with van der Waals surface area (Å²) in [4.78, 5) is 31.4. The normalized spacial score (nSPS) is 14.7. The van der Waals surface area contributed by atoms with Gasteiger partial charge < -0.3 is 4.90 Å². The van der Waals surface area contributed by atoms with E-state index >= 15 is 0 Å². The standard InChI is InChI=1S/C16H20BrN5O2/c1-3-22(11-7-5-4-6-8-11)12(23)9-21-10-18-15-13(16(21)24)14(17)19-20(15)2/h7,10H,3-6,8-9H2,1-2H3. The Morgan fingerprint density at radius 2 is 2.21 bits per heavy atom. The number of likely N-dealkylation sites (N-methyl/N-ethyl adjacent to an activating group) is 1. The molecule has 0 radical (unpaired) electrons. The molecule has 0 bridgehead atoms. The van der Waals surface area contributed by atoms with Crippen LogP contribution in [-0.2, 0) is 18.4 Å². The van der Waals surface area contributed by atoms with Crippen molar-refractivity contribution in [3.05, 3.63) is 33.1 Å². The predicted molar refractivity (Wildman–Crippen MR) is 94.4 cm³/mol. The van der Waals surface area contributed by atoms with Crippen LogP contribution in [0.4, 0.5) is 0 Å². The summed E-state index contributed by atoms with van der Waals surface area (Å²) in [6.45, 7) is 2.54. The van der Waals surface area contributed by atoms with Crippen molar-refractivity contribution in [3.63, 3.8) is 0 Å². The molecule has 1 aliphatic carbocycles. The van der Waals surface area contributed by atoms with E-state index in [0.717, 1.165) is 25.0 Å². The minimum Gasteiger partial charge on any atom is -0.315 e. The van der Waals surface area contributed by atoms with Gasteiger partial charge in [0.25, 0.3) is 5.56 Å². The van der Waals surface area contributed by atoms with Gasteiger partial charge in [0.15, 0.2) is 5.65 Å². The second-order valence-corrected chi connectivity index (χ2v) is 6.62. The van der Waals surface area contributed by atoms with Crippen LogP contribution >= 0.6 is 15.9 Å². The van der Waals surface area contributed by atoms with E-state index in [0.29, 0.717) is 22.2 Å². The van der Waals surface area contributed by atoms with Crippen molar-refractivity contribution in [1.29, 1.82) is 0 Å². The molecule has 2 aromatic rings. The number of fused-ring (bicyclic) bond motifs is 1. The first-order valence-corrected chi connectivity index (χ1v) is 8.89. The lowest BCUT2D eigenvalue weighted by atomic mass is 10.0. The molecule has 1 aliphatic rings. The molecular formula is C16H20BrN5O2. The lowest BCUT2D eigenvalue weighted by molar-refractivity contribution is -0.130. The average molecular weight is 394 g/mol. The van der Waals surface area contributed by atoms with Crippen LogP contribution in [-0.4, -0.2) is 36.7 Å². The van der Waals surface area contributed by atoms with Gasteiger partial charge >= 0.3 is 0 Å². The summed E-state index contributed by atoms with van der Waals surface area (Å²) in [5.74, 6) is -0.0890. The highest BCUT2D eigenvalue weighted by Crippen LogP contribution is 2.21. The summed E-state index contributed by atoms with van der Waals surface area (Å²) in [5, 5.41) is 4.55. The first-order chi connectivity index (χ1) is 11.5. The zero-order valence-corrected chi connectivity index (χ0v) is 15.4. The second-order valence-electron chi connectivity index (χ2n) is 5.87. The Bertz CT molecular complexity index is 867. The summed E-state index contributed by atoms with van der Waals surface area (Å²) in [6, 6.07) is 0. The third-order valence-electron chi connectivity index (χ3n) is 4.30. The quantitative estimate of drug-likeness (QED) is 0.797. The van der Waals surface area contributed by atoms with Gasteiger partial charge in [-0.1, -0.05) is 6.08 Å². The number of halogens is 1. The summed E-state index contributed by atoms with van der Waals surface area (Å²) in [7, 11) is 1.73. The van der Waals surface area contributed by atoms with Crippen LogP contribution in [0.25, 0.3) is 11.0 Å². The molecule has 2 heterocycles. The average Bonchev–Trinajstić information content (AvgIpc) is 2.86. The van der Waals surface area contributed by atoms with E-state index in [1.807, 2.05) is 6.92 Å². The number of amides is 1. The van der Waals surface area contributed by atoms with E-state index < -0.39 is 0 Å². The minimum absolute atomic E-state index is 0.0196. The van der Waals surface area contributed by atoms with Crippen LogP contribution in [0.3, 0.4) is 0 Å². The Morgan fingerprint density at radius 1 is 1.42 bits per heavy atom. The molecule has 0 fully saturated rings. The Kier molecular flexibility index (Phi) is 4.84. The fraction of sp³-hybridized carbons (Fsp3) is 0.500. The third kappa shape index (κ3) is 3.02. The predicted octanol–water partition coefficient (Wildman–Crippen LogP) is 2.20. The van der Waals surface area contributed by atoms with E-state index in [-0.39, 0.29) is 18.0 Å². The van der Waals surface area contributed by atoms with E-state index in [1.165, 1.54) is 22.0 Å². The molecule has 0 atom stereocenters. The van der Waals surface area contributed by atoms with Crippen LogP contribution in [0, 0.1) is 0 Å². The number of aromatic nitrogens is 4. The van der Waals surface area contributed by atoms with Gasteiger partial charge in [0, 0.05) is 19.3 Å². The van der Waals surface area contributed by atoms with Crippen molar-refractivity contribution in [2.24, 2.45) is 7.05 Å². The first kappa shape index (κ1) is 16.9. The topological polar surface area (TPSA) is 73.0 Å². The van der Waals surface area contributed by atoms with Gasteiger partial charge in [-0.15, -0.1) is 0 Å². The summed E-state index contributed by atoms with van der Waals surface area (Å²) in [6.07, 6.45) is 7.75. The number of hydrogen-bond donors (Lipinski definition) is 0. The van der Waals surface area contributed by atoms with Crippen LogP contribution in [0.2, 0.25) is 0 Å². The number of nitrogens with zero attached hydrogens (tertiary/aromatic N) is 5. The maximum Gasteiger partial charge on any atom is 0.266 e. The number of carbonyl (C=O) groups excluding carboxylic acids is 1. The monoisotopic (exact) mass is 393 g/mol. The highest BCUT2D eigenvalue weighted by atomic mass is 79.9. The van der Waals surface area contributed by atoms with Crippen LogP contribution in [0.1, 0.15) is 32.6 Å². The Balaban J connectivity index is 1.90. The minimum atomic E-state index is -0.262. The SMILES string of the molecule is CCN(C(=O)Cn1cnc2c(c(Br)nn2C)c1=O)C1=CCCCC1. The van der Waals surface area contributed by atoms with Gasteiger partial charge in [-0.2, -0.15) is 5.10 Å². The van der Waals surface area contributed by atoms with Gasteiger partial charge in [0.1, 0.15) is 22.9 Å². The Morgan fingerprint density at radius 3 is 2.88 bits per heavy atom. The molecule has 0 spiro atoms. The molecule has 0 aromatic carbocycles. The van der Waals surface area contributed by atoms with Gasteiger partial charge in [0.05, 0.1) is 0 Å². The molecular weight excluding hydrogens is 374 g/mol. The Labute approximate surface area is 148 Å². The van der Waals surface area contributed by atoms with Gasteiger partial charge in [-0.05, 0) is 48.5 Å². The molecule has 3 rings (SSSR count). The summed E-state index contributed by atoms with van der Waals surface area (Å²) >= 11 is 3.28. The van der Waals surface area contributed by atoms with Crippen LogP contribution in [0.5, 0.6) is 0 Å².